The molecule has 0 fully saturated rings. The monoisotopic (exact) mass is 232 g/mol. The number of hydrogen-bond acceptors (Lipinski definition) is 4. The second kappa shape index (κ2) is 4.53. The van der Waals surface area contributed by atoms with E-state index in [4.69, 9.17) is 0 Å². The van der Waals surface area contributed by atoms with Crippen molar-refractivity contribution in [3.63, 3.8) is 0 Å². The summed E-state index contributed by atoms with van der Waals surface area (Å²) in [6, 6.07) is 5.69. The molecule has 0 aliphatic carbocycles. The van der Waals surface area contributed by atoms with Crippen molar-refractivity contribution in [2.24, 2.45) is 0 Å². The number of aromatic nitrogens is 2. The summed E-state index contributed by atoms with van der Waals surface area (Å²) >= 11 is 1.42. The number of hydrogen-bond donors (Lipinski definition) is 0. The molecule has 0 N–H and O–H groups in total. The van der Waals surface area contributed by atoms with Gasteiger partial charge in [0.05, 0.1) is 16.3 Å². The molecule has 0 radical (unpaired) electrons. The van der Waals surface area contributed by atoms with E-state index in [0.29, 0.717) is 0 Å². The molecule has 0 amide bonds. The molecule has 3 nitrogen and oxygen atoms in total. The van der Waals surface area contributed by atoms with Gasteiger partial charge < -0.3 is 0 Å². The van der Waals surface area contributed by atoms with E-state index >= 15 is 0 Å². The van der Waals surface area contributed by atoms with Crippen LogP contribution in [0.5, 0.6) is 0 Å². The Kier molecular flexibility index (Phi) is 3.10. The van der Waals surface area contributed by atoms with Gasteiger partial charge in [-0.15, -0.1) is 11.3 Å². The third-order valence-electron chi connectivity index (χ3n) is 2.24. The summed E-state index contributed by atoms with van der Waals surface area (Å²) in [6.45, 7) is 3.58. The lowest BCUT2D eigenvalue weighted by Gasteiger charge is -1.91. The van der Waals surface area contributed by atoms with Crippen molar-refractivity contribution < 1.29 is 4.79 Å². The highest BCUT2D eigenvalue weighted by atomic mass is 32.1. The standard InChI is InChI=1S/C12H12N2OS/c1-3-9-11(8(2)15)16-12(14-9)10-6-4-5-7-13-10/h4-7H,3H2,1-2H3. The van der Waals surface area contributed by atoms with E-state index in [2.05, 4.69) is 9.97 Å². The summed E-state index contributed by atoms with van der Waals surface area (Å²) in [5.74, 6) is 0.0801. The van der Waals surface area contributed by atoms with Crippen molar-refractivity contribution in [2.75, 3.05) is 0 Å². The molecule has 2 heterocycles. The highest BCUT2D eigenvalue weighted by Gasteiger charge is 2.14. The third-order valence-corrected chi connectivity index (χ3v) is 3.46. The fourth-order valence-corrected chi connectivity index (χ4v) is 2.49. The quantitative estimate of drug-likeness (QED) is 0.764. The second-order valence-corrected chi connectivity index (χ2v) is 4.42. The number of ketones is 1. The van der Waals surface area contributed by atoms with Crippen LogP contribution >= 0.6 is 11.3 Å². The highest BCUT2D eigenvalue weighted by molar-refractivity contribution is 7.17. The maximum absolute atomic E-state index is 11.4. The lowest BCUT2D eigenvalue weighted by Crippen LogP contribution is -1.93. The molecule has 0 bridgehead atoms. The first kappa shape index (κ1) is 11.0. The maximum Gasteiger partial charge on any atom is 0.171 e. The number of nitrogens with zero attached hydrogens (tertiary/aromatic N) is 2. The number of Topliss-reactive ketones (excluding diaryl/α,β-unsaturated/α-hetero) is 1. The molecule has 2 aromatic heterocycles. The van der Waals surface area contributed by atoms with Crippen molar-refractivity contribution in [1.29, 1.82) is 0 Å². The normalized spacial score (nSPS) is 10.4. The lowest BCUT2D eigenvalue weighted by molar-refractivity contribution is 0.102. The number of thiazole rings is 1. The van der Waals surface area contributed by atoms with E-state index in [0.717, 1.165) is 27.7 Å². The van der Waals surface area contributed by atoms with Crippen molar-refractivity contribution in [3.8, 4) is 10.7 Å². The van der Waals surface area contributed by atoms with Crippen LogP contribution in [0.25, 0.3) is 10.7 Å². The van der Waals surface area contributed by atoms with Crippen LogP contribution in [0.4, 0.5) is 0 Å². The molecule has 0 atom stereocenters. The lowest BCUT2D eigenvalue weighted by atomic mass is 10.2. The number of aryl methyl sites for hydroxylation is 1. The van der Waals surface area contributed by atoms with Crippen LogP contribution in [0, 0.1) is 0 Å². The molecule has 16 heavy (non-hydrogen) atoms. The van der Waals surface area contributed by atoms with Gasteiger partial charge in [-0.05, 0) is 18.6 Å². The van der Waals surface area contributed by atoms with Gasteiger partial charge in [-0.1, -0.05) is 13.0 Å². The Morgan fingerprint density at radius 1 is 1.44 bits per heavy atom. The zero-order valence-corrected chi connectivity index (χ0v) is 10.0. The van der Waals surface area contributed by atoms with Gasteiger partial charge in [-0.25, -0.2) is 4.98 Å². The van der Waals surface area contributed by atoms with Gasteiger partial charge in [0.15, 0.2) is 5.78 Å². The Labute approximate surface area is 98.2 Å². The van der Waals surface area contributed by atoms with Crippen molar-refractivity contribution in [2.45, 2.75) is 20.3 Å². The molecule has 4 heteroatoms. The Morgan fingerprint density at radius 2 is 2.25 bits per heavy atom. The SMILES string of the molecule is CCc1nc(-c2ccccn2)sc1C(C)=O. The van der Waals surface area contributed by atoms with Crippen molar-refractivity contribution >= 4 is 17.1 Å². The van der Waals surface area contributed by atoms with Gasteiger partial charge in [-0.2, -0.15) is 0 Å². The number of pyridine rings is 1. The van der Waals surface area contributed by atoms with E-state index in [9.17, 15) is 4.79 Å². The van der Waals surface area contributed by atoms with Crippen molar-refractivity contribution in [3.05, 3.63) is 35.0 Å². The largest absolute Gasteiger partial charge is 0.294 e. The van der Waals surface area contributed by atoms with E-state index in [-0.39, 0.29) is 5.78 Å². The summed E-state index contributed by atoms with van der Waals surface area (Å²) in [7, 11) is 0. The topological polar surface area (TPSA) is 42.9 Å². The minimum absolute atomic E-state index is 0.0801. The van der Waals surface area contributed by atoms with Crippen LogP contribution in [0.2, 0.25) is 0 Å². The van der Waals surface area contributed by atoms with Crippen LogP contribution < -0.4 is 0 Å². The fraction of sp³-hybridized carbons (Fsp3) is 0.250. The Bertz CT molecular complexity index is 505. The Hall–Kier alpha value is -1.55. The minimum atomic E-state index is 0.0801. The Balaban J connectivity index is 2.48. The molecule has 0 unspecified atom stereocenters. The van der Waals surface area contributed by atoms with Crippen LogP contribution in [0.3, 0.4) is 0 Å². The molecule has 2 aromatic rings. The van der Waals surface area contributed by atoms with Crippen LogP contribution in [0.1, 0.15) is 29.2 Å². The van der Waals surface area contributed by atoms with Gasteiger partial charge in [0.2, 0.25) is 0 Å². The maximum atomic E-state index is 11.4. The minimum Gasteiger partial charge on any atom is -0.294 e. The van der Waals surface area contributed by atoms with Crippen LogP contribution in [-0.4, -0.2) is 15.8 Å². The summed E-state index contributed by atoms with van der Waals surface area (Å²) in [4.78, 5) is 20.9. The van der Waals surface area contributed by atoms with E-state index in [1.165, 1.54) is 11.3 Å². The van der Waals surface area contributed by atoms with Gasteiger partial charge in [-0.3, -0.25) is 9.78 Å². The molecule has 82 valence electrons. The van der Waals surface area contributed by atoms with Gasteiger partial charge in [0.1, 0.15) is 5.01 Å². The predicted octanol–water partition coefficient (Wildman–Crippen LogP) is 2.97. The van der Waals surface area contributed by atoms with Gasteiger partial charge >= 0.3 is 0 Å². The highest BCUT2D eigenvalue weighted by Crippen LogP contribution is 2.27. The molecular weight excluding hydrogens is 220 g/mol. The van der Waals surface area contributed by atoms with Crippen LogP contribution in [-0.2, 0) is 6.42 Å². The molecular formula is C12H12N2OS. The predicted molar refractivity (Wildman–Crippen MR) is 64.7 cm³/mol. The fourth-order valence-electron chi connectivity index (χ4n) is 1.47. The zero-order valence-electron chi connectivity index (χ0n) is 9.23. The Morgan fingerprint density at radius 3 is 2.75 bits per heavy atom. The molecule has 2 rings (SSSR count). The van der Waals surface area contributed by atoms with Gasteiger partial charge in [0.25, 0.3) is 0 Å². The molecule has 0 aliphatic rings. The molecule has 0 aromatic carbocycles. The first-order valence-electron chi connectivity index (χ1n) is 5.14. The van der Waals surface area contributed by atoms with Crippen LogP contribution in [0.15, 0.2) is 24.4 Å². The molecule has 0 saturated carbocycles. The summed E-state index contributed by atoms with van der Waals surface area (Å²) in [6.07, 6.45) is 2.51. The van der Waals surface area contributed by atoms with E-state index in [1.54, 1.807) is 13.1 Å². The molecule has 0 spiro atoms. The number of carbonyl (C=O) groups excluding carboxylic acids is 1. The summed E-state index contributed by atoms with van der Waals surface area (Å²) in [5, 5.41) is 0.822. The second-order valence-electron chi connectivity index (χ2n) is 3.42. The summed E-state index contributed by atoms with van der Waals surface area (Å²) < 4.78 is 0. The average molecular weight is 232 g/mol. The molecule has 0 saturated heterocycles. The molecule has 0 aliphatic heterocycles. The zero-order chi connectivity index (χ0) is 11.5. The number of carbonyl (C=O) groups is 1. The first-order chi connectivity index (χ1) is 7.72. The van der Waals surface area contributed by atoms with Gasteiger partial charge in [0, 0.05) is 13.1 Å². The smallest absolute Gasteiger partial charge is 0.171 e. The number of rotatable bonds is 3. The third kappa shape index (κ3) is 2.02. The van der Waals surface area contributed by atoms with E-state index in [1.807, 2.05) is 25.1 Å². The van der Waals surface area contributed by atoms with Crippen molar-refractivity contribution in [1.82, 2.24) is 9.97 Å². The van der Waals surface area contributed by atoms with E-state index < -0.39 is 0 Å². The first-order valence-corrected chi connectivity index (χ1v) is 5.96. The average Bonchev–Trinajstić information content (AvgIpc) is 2.74. The summed E-state index contributed by atoms with van der Waals surface area (Å²) in [5.41, 5.74) is 1.70.